The van der Waals surface area contributed by atoms with Crippen molar-refractivity contribution in [3.05, 3.63) is 58.9 Å². The third kappa shape index (κ3) is 2.27. The molecule has 5 heteroatoms. The smallest absolute Gasteiger partial charge is 0.159 e. The van der Waals surface area contributed by atoms with E-state index < -0.39 is 0 Å². The van der Waals surface area contributed by atoms with Crippen molar-refractivity contribution in [3.8, 4) is 0 Å². The van der Waals surface area contributed by atoms with Gasteiger partial charge in [-0.25, -0.2) is 4.98 Å². The second-order valence-corrected chi connectivity index (χ2v) is 4.67. The lowest BCUT2D eigenvalue weighted by Gasteiger charge is -2.12. The van der Waals surface area contributed by atoms with Crippen LogP contribution in [0.4, 0.5) is 5.82 Å². The van der Waals surface area contributed by atoms with Crippen LogP contribution >= 0.6 is 11.6 Å². The van der Waals surface area contributed by atoms with Gasteiger partial charge < -0.3 is 5.32 Å². The molecule has 0 amide bonds. The lowest BCUT2D eigenvalue weighted by molar-refractivity contribution is 0.915. The first-order valence-corrected chi connectivity index (χ1v) is 6.41. The molecule has 0 unspecified atom stereocenters. The van der Waals surface area contributed by atoms with Crippen molar-refractivity contribution in [2.45, 2.75) is 13.5 Å². The Balaban J connectivity index is 1.96. The molecule has 2 heterocycles. The van der Waals surface area contributed by atoms with Gasteiger partial charge in [0, 0.05) is 18.2 Å². The molecule has 1 N–H and O–H groups in total. The highest BCUT2D eigenvalue weighted by molar-refractivity contribution is 6.30. The maximum atomic E-state index is 6.14. The summed E-state index contributed by atoms with van der Waals surface area (Å²) in [6, 6.07) is 12.0. The van der Waals surface area contributed by atoms with Crippen molar-refractivity contribution in [1.82, 2.24) is 14.6 Å². The second kappa shape index (κ2) is 4.90. The van der Waals surface area contributed by atoms with Gasteiger partial charge in [-0.15, -0.1) is 0 Å². The van der Waals surface area contributed by atoms with Crippen LogP contribution in [0.5, 0.6) is 0 Å². The molecule has 0 spiro atoms. The van der Waals surface area contributed by atoms with E-state index in [1.54, 1.807) is 10.7 Å². The zero-order chi connectivity index (χ0) is 13.2. The Labute approximate surface area is 116 Å². The monoisotopic (exact) mass is 272 g/mol. The number of nitrogens with zero attached hydrogens (tertiary/aromatic N) is 3. The largest absolute Gasteiger partial charge is 0.366 e. The summed E-state index contributed by atoms with van der Waals surface area (Å²) in [7, 11) is 0. The molecule has 0 aliphatic rings. The summed E-state index contributed by atoms with van der Waals surface area (Å²) < 4.78 is 1.77. The Hall–Kier alpha value is -2.07. The third-order valence-corrected chi connectivity index (χ3v) is 3.38. The van der Waals surface area contributed by atoms with Gasteiger partial charge in [0.05, 0.1) is 6.20 Å². The van der Waals surface area contributed by atoms with E-state index in [1.807, 2.05) is 31.2 Å². The predicted octanol–water partition coefficient (Wildman–Crippen LogP) is 3.30. The quantitative estimate of drug-likeness (QED) is 0.744. The maximum absolute atomic E-state index is 6.14. The van der Waals surface area contributed by atoms with Gasteiger partial charge in [0.25, 0.3) is 0 Å². The minimum atomic E-state index is 0.503. The van der Waals surface area contributed by atoms with Crippen molar-refractivity contribution < 1.29 is 0 Å². The Bertz CT molecular complexity index is 706. The number of halogens is 1. The predicted molar refractivity (Wildman–Crippen MR) is 76.5 cm³/mol. The van der Waals surface area contributed by atoms with Gasteiger partial charge in [0.1, 0.15) is 11.0 Å². The lowest BCUT2D eigenvalue weighted by Crippen LogP contribution is -2.08. The van der Waals surface area contributed by atoms with Crippen LogP contribution in [0, 0.1) is 6.92 Å². The summed E-state index contributed by atoms with van der Waals surface area (Å²) in [5.74, 6) is 0.879. The Morgan fingerprint density at radius 1 is 1.21 bits per heavy atom. The average molecular weight is 273 g/mol. The van der Waals surface area contributed by atoms with E-state index >= 15 is 0 Å². The van der Waals surface area contributed by atoms with Gasteiger partial charge in [-0.05, 0) is 12.5 Å². The summed E-state index contributed by atoms with van der Waals surface area (Å²) >= 11 is 6.14. The van der Waals surface area contributed by atoms with Crippen LogP contribution in [0.2, 0.25) is 5.15 Å². The zero-order valence-electron chi connectivity index (χ0n) is 10.5. The third-order valence-electron chi connectivity index (χ3n) is 3.01. The molecule has 4 nitrogen and oxygen atoms in total. The molecule has 0 saturated heterocycles. The molecule has 1 aromatic carbocycles. The molecule has 2 aromatic heterocycles. The van der Waals surface area contributed by atoms with Crippen LogP contribution in [-0.2, 0) is 6.54 Å². The van der Waals surface area contributed by atoms with E-state index in [9.17, 15) is 0 Å². The zero-order valence-corrected chi connectivity index (χ0v) is 11.2. The van der Waals surface area contributed by atoms with Crippen LogP contribution < -0.4 is 5.32 Å². The molecule has 0 saturated carbocycles. The summed E-state index contributed by atoms with van der Waals surface area (Å²) in [5.41, 5.74) is 2.84. The summed E-state index contributed by atoms with van der Waals surface area (Å²) in [6.45, 7) is 2.65. The summed E-state index contributed by atoms with van der Waals surface area (Å²) in [5, 5.41) is 8.14. The molecule has 0 atom stereocenters. The standard InChI is InChI=1S/C14H13ClN4/c1-10-13(15)18-12-7-8-17-19(12)14(10)16-9-11-5-3-2-4-6-11/h2-8,16H,9H2,1H3. The first kappa shape index (κ1) is 12.0. The van der Waals surface area contributed by atoms with E-state index in [4.69, 9.17) is 11.6 Å². The number of benzene rings is 1. The van der Waals surface area contributed by atoms with Crippen molar-refractivity contribution in [2.24, 2.45) is 0 Å². The topological polar surface area (TPSA) is 42.2 Å². The fourth-order valence-electron chi connectivity index (χ4n) is 1.98. The Morgan fingerprint density at radius 3 is 2.79 bits per heavy atom. The van der Waals surface area contributed by atoms with E-state index in [0.717, 1.165) is 23.6 Å². The molecule has 0 radical (unpaired) electrons. The molecule has 0 aliphatic carbocycles. The highest BCUT2D eigenvalue weighted by atomic mass is 35.5. The number of hydrogen-bond acceptors (Lipinski definition) is 3. The van der Waals surface area contributed by atoms with Crippen LogP contribution in [0.15, 0.2) is 42.6 Å². The van der Waals surface area contributed by atoms with Crippen molar-refractivity contribution in [2.75, 3.05) is 5.32 Å². The van der Waals surface area contributed by atoms with Gasteiger partial charge in [-0.1, -0.05) is 41.9 Å². The minimum absolute atomic E-state index is 0.503. The van der Waals surface area contributed by atoms with E-state index in [-0.39, 0.29) is 0 Å². The van der Waals surface area contributed by atoms with Crippen LogP contribution in [0.3, 0.4) is 0 Å². The first-order chi connectivity index (χ1) is 9.25. The lowest BCUT2D eigenvalue weighted by atomic mass is 10.2. The van der Waals surface area contributed by atoms with Crippen molar-refractivity contribution >= 4 is 23.1 Å². The Morgan fingerprint density at radius 2 is 2.00 bits per heavy atom. The molecule has 0 fully saturated rings. The number of fused-ring (bicyclic) bond motifs is 1. The summed E-state index contributed by atoms with van der Waals surface area (Å²) in [6.07, 6.45) is 1.71. The van der Waals surface area contributed by atoms with Crippen LogP contribution in [0.1, 0.15) is 11.1 Å². The maximum Gasteiger partial charge on any atom is 0.159 e. The highest BCUT2D eigenvalue weighted by Crippen LogP contribution is 2.23. The van der Waals surface area contributed by atoms with Gasteiger partial charge in [-0.3, -0.25) is 0 Å². The molecule has 0 bridgehead atoms. The van der Waals surface area contributed by atoms with Crippen molar-refractivity contribution in [1.29, 1.82) is 0 Å². The molecule has 19 heavy (non-hydrogen) atoms. The normalized spacial score (nSPS) is 10.8. The number of hydrogen-bond donors (Lipinski definition) is 1. The summed E-state index contributed by atoms with van der Waals surface area (Å²) in [4.78, 5) is 4.28. The molecule has 3 aromatic rings. The minimum Gasteiger partial charge on any atom is -0.366 e. The molecule has 0 aliphatic heterocycles. The number of aromatic nitrogens is 3. The van der Waals surface area contributed by atoms with Gasteiger partial charge in [0.15, 0.2) is 5.65 Å². The molecular formula is C14H13ClN4. The van der Waals surface area contributed by atoms with Gasteiger partial charge in [-0.2, -0.15) is 9.61 Å². The molecule has 3 rings (SSSR count). The van der Waals surface area contributed by atoms with Gasteiger partial charge >= 0.3 is 0 Å². The van der Waals surface area contributed by atoms with Crippen LogP contribution in [-0.4, -0.2) is 14.6 Å². The van der Waals surface area contributed by atoms with Crippen LogP contribution in [0.25, 0.3) is 5.65 Å². The molecule has 96 valence electrons. The van der Waals surface area contributed by atoms with E-state index in [0.29, 0.717) is 5.15 Å². The fraction of sp³-hybridized carbons (Fsp3) is 0.143. The average Bonchev–Trinajstić information content (AvgIpc) is 2.88. The van der Waals surface area contributed by atoms with Gasteiger partial charge in [0.2, 0.25) is 0 Å². The van der Waals surface area contributed by atoms with E-state index in [1.165, 1.54) is 5.56 Å². The highest BCUT2D eigenvalue weighted by Gasteiger charge is 2.10. The fourth-order valence-corrected chi connectivity index (χ4v) is 2.16. The SMILES string of the molecule is Cc1c(Cl)nc2ccnn2c1NCc1ccccc1. The first-order valence-electron chi connectivity index (χ1n) is 6.03. The van der Waals surface area contributed by atoms with Crippen molar-refractivity contribution in [3.63, 3.8) is 0 Å². The second-order valence-electron chi connectivity index (χ2n) is 4.32. The van der Waals surface area contributed by atoms with E-state index in [2.05, 4.69) is 27.5 Å². The molecular weight excluding hydrogens is 260 g/mol. The number of rotatable bonds is 3. The number of nitrogens with one attached hydrogen (secondary N) is 1. The Kier molecular flexibility index (Phi) is 3.09. The number of anilines is 1.